The molecular weight excluding hydrogens is 362 g/mol. The van der Waals surface area contributed by atoms with Crippen molar-refractivity contribution in [2.75, 3.05) is 13.1 Å². The average molecular weight is 382 g/mol. The summed E-state index contributed by atoms with van der Waals surface area (Å²) in [7, 11) is -2.06. The first-order valence-electron chi connectivity index (χ1n) is 8.63. The summed E-state index contributed by atoms with van der Waals surface area (Å²) in [5.74, 6) is -1.51. The second kappa shape index (κ2) is 6.09. The van der Waals surface area contributed by atoms with E-state index in [1.54, 1.807) is 6.33 Å². The van der Waals surface area contributed by atoms with Crippen LogP contribution in [0.15, 0.2) is 29.4 Å². The van der Waals surface area contributed by atoms with Crippen molar-refractivity contribution in [3.05, 3.63) is 42.0 Å². The molecule has 9 heteroatoms. The molecule has 140 valence electrons. The van der Waals surface area contributed by atoms with Gasteiger partial charge >= 0.3 is 0 Å². The first-order valence-corrected chi connectivity index (χ1v) is 10.1. The summed E-state index contributed by atoms with van der Waals surface area (Å²) < 4.78 is 56.0. The number of halogens is 2. The van der Waals surface area contributed by atoms with Crippen molar-refractivity contribution >= 4 is 10.0 Å². The Bertz CT molecular complexity index is 938. The Hall–Kier alpha value is -1.87. The van der Waals surface area contributed by atoms with Crippen LogP contribution in [0.2, 0.25) is 0 Å². The maximum Gasteiger partial charge on any atom is 0.243 e. The number of benzene rings is 1. The van der Waals surface area contributed by atoms with Crippen LogP contribution in [-0.2, 0) is 17.1 Å². The van der Waals surface area contributed by atoms with Gasteiger partial charge in [-0.2, -0.15) is 4.31 Å². The first kappa shape index (κ1) is 17.5. The van der Waals surface area contributed by atoms with Crippen LogP contribution in [-0.4, -0.2) is 40.6 Å². The van der Waals surface area contributed by atoms with Crippen LogP contribution in [0, 0.1) is 17.0 Å². The largest absolute Gasteiger partial charge is 0.320 e. The highest BCUT2D eigenvalue weighted by Crippen LogP contribution is 2.53. The van der Waals surface area contributed by atoms with Crippen LogP contribution in [0.5, 0.6) is 0 Å². The molecule has 1 aliphatic heterocycles. The SMILES string of the molecule is Cn1cnnc1C1CN(S(=O)(=O)c2ccc(F)c(F)c2)CC12CCCC2. The molecule has 1 atom stereocenters. The van der Waals surface area contributed by atoms with Crippen LogP contribution in [0.3, 0.4) is 0 Å². The van der Waals surface area contributed by atoms with E-state index < -0.39 is 21.7 Å². The molecule has 2 heterocycles. The molecule has 1 aromatic heterocycles. The molecule has 26 heavy (non-hydrogen) atoms. The fraction of sp³-hybridized carbons (Fsp3) is 0.529. The Balaban J connectivity index is 1.72. The lowest BCUT2D eigenvalue weighted by atomic mass is 9.76. The highest BCUT2D eigenvalue weighted by atomic mass is 32.2. The number of aromatic nitrogens is 3. The summed E-state index contributed by atoms with van der Waals surface area (Å²) in [5.41, 5.74) is -0.174. The van der Waals surface area contributed by atoms with Gasteiger partial charge in [0.25, 0.3) is 0 Å². The summed E-state index contributed by atoms with van der Waals surface area (Å²) in [6.45, 7) is 0.639. The summed E-state index contributed by atoms with van der Waals surface area (Å²) in [4.78, 5) is -0.219. The zero-order valence-corrected chi connectivity index (χ0v) is 15.2. The van der Waals surface area contributed by atoms with Gasteiger partial charge in [-0.05, 0) is 36.5 Å². The molecule has 4 rings (SSSR count). The maximum atomic E-state index is 13.6. The van der Waals surface area contributed by atoms with Gasteiger partial charge in [-0.15, -0.1) is 10.2 Å². The highest BCUT2D eigenvalue weighted by Gasteiger charge is 2.53. The van der Waals surface area contributed by atoms with Crippen molar-refractivity contribution in [2.24, 2.45) is 12.5 Å². The number of hydrogen-bond acceptors (Lipinski definition) is 4. The predicted octanol–water partition coefficient (Wildman–Crippen LogP) is 2.44. The molecule has 2 aliphatic rings. The van der Waals surface area contributed by atoms with E-state index in [4.69, 9.17) is 0 Å². The normalized spacial score (nSPS) is 23.1. The van der Waals surface area contributed by atoms with Gasteiger partial charge in [0.1, 0.15) is 12.2 Å². The fourth-order valence-electron chi connectivity index (χ4n) is 4.44. The Kier molecular flexibility index (Phi) is 4.11. The van der Waals surface area contributed by atoms with Crippen LogP contribution >= 0.6 is 0 Å². The molecule has 1 aromatic carbocycles. The molecule has 1 spiro atoms. The Morgan fingerprint density at radius 3 is 2.54 bits per heavy atom. The van der Waals surface area contributed by atoms with Crippen molar-refractivity contribution in [1.29, 1.82) is 0 Å². The average Bonchev–Trinajstić information content (AvgIpc) is 3.32. The standard InChI is InChI=1S/C17H20F2N4O2S/c1-22-11-20-21-16(22)13-9-23(10-17(13)6-2-3-7-17)26(24,25)12-4-5-14(18)15(19)8-12/h4-5,8,11,13H,2-3,6-7,9-10H2,1H3. The first-order chi connectivity index (χ1) is 12.3. The predicted molar refractivity (Wildman–Crippen MR) is 89.8 cm³/mol. The third-order valence-electron chi connectivity index (χ3n) is 5.80. The van der Waals surface area contributed by atoms with Gasteiger partial charge in [-0.3, -0.25) is 0 Å². The van der Waals surface area contributed by atoms with E-state index >= 15 is 0 Å². The summed E-state index contributed by atoms with van der Waals surface area (Å²) in [5, 5.41) is 8.15. The van der Waals surface area contributed by atoms with Crippen LogP contribution < -0.4 is 0 Å². The topological polar surface area (TPSA) is 68.1 Å². The zero-order chi connectivity index (χ0) is 18.5. The van der Waals surface area contributed by atoms with Gasteiger partial charge in [-0.25, -0.2) is 17.2 Å². The van der Waals surface area contributed by atoms with Gasteiger partial charge in [0.2, 0.25) is 10.0 Å². The molecule has 6 nitrogen and oxygen atoms in total. The van der Waals surface area contributed by atoms with Crippen LogP contribution in [0.25, 0.3) is 0 Å². The van der Waals surface area contributed by atoms with Gasteiger partial charge in [0.15, 0.2) is 11.6 Å². The third-order valence-corrected chi connectivity index (χ3v) is 7.61. The van der Waals surface area contributed by atoms with E-state index in [1.165, 1.54) is 4.31 Å². The van der Waals surface area contributed by atoms with Gasteiger partial charge in [-0.1, -0.05) is 12.8 Å². The smallest absolute Gasteiger partial charge is 0.243 e. The van der Waals surface area contributed by atoms with E-state index in [9.17, 15) is 17.2 Å². The summed E-state index contributed by atoms with van der Waals surface area (Å²) in [6, 6.07) is 2.72. The number of sulfonamides is 1. The minimum Gasteiger partial charge on any atom is -0.320 e. The second-order valence-corrected chi connectivity index (χ2v) is 9.23. The van der Waals surface area contributed by atoms with Crippen molar-refractivity contribution in [2.45, 2.75) is 36.5 Å². The molecule has 0 bridgehead atoms. The molecule has 0 amide bonds. The van der Waals surface area contributed by atoms with E-state index in [-0.39, 0.29) is 22.8 Å². The fourth-order valence-corrected chi connectivity index (χ4v) is 6.00. The van der Waals surface area contributed by atoms with Crippen LogP contribution in [0.4, 0.5) is 8.78 Å². The van der Waals surface area contributed by atoms with E-state index in [1.807, 2.05) is 11.6 Å². The second-order valence-electron chi connectivity index (χ2n) is 7.30. The number of rotatable bonds is 3. The van der Waals surface area contributed by atoms with Crippen molar-refractivity contribution < 1.29 is 17.2 Å². The van der Waals surface area contributed by atoms with Gasteiger partial charge < -0.3 is 4.57 Å². The third kappa shape index (κ3) is 2.64. The Morgan fingerprint density at radius 1 is 1.19 bits per heavy atom. The van der Waals surface area contributed by atoms with E-state index in [2.05, 4.69) is 10.2 Å². The molecule has 1 unspecified atom stereocenters. The molecule has 0 N–H and O–H groups in total. The molecule has 1 saturated carbocycles. The van der Waals surface area contributed by atoms with Crippen molar-refractivity contribution in [3.63, 3.8) is 0 Å². The quantitative estimate of drug-likeness (QED) is 0.818. The minimum absolute atomic E-state index is 0.0578. The highest BCUT2D eigenvalue weighted by molar-refractivity contribution is 7.89. The van der Waals surface area contributed by atoms with Gasteiger partial charge in [0, 0.05) is 26.1 Å². The van der Waals surface area contributed by atoms with Crippen molar-refractivity contribution in [3.8, 4) is 0 Å². The molecule has 2 aromatic rings. The minimum atomic E-state index is -3.91. The summed E-state index contributed by atoms with van der Waals surface area (Å²) in [6.07, 6.45) is 5.56. The van der Waals surface area contributed by atoms with Crippen molar-refractivity contribution in [1.82, 2.24) is 19.1 Å². The lowest BCUT2D eigenvalue weighted by Crippen LogP contribution is -2.31. The molecule has 1 saturated heterocycles. The summed E-state index contributed by atoms with van der Waals surface area (Å²) >= 11 is 0. The van der Waals surface area contributed by atoms with Crippen LogP contribution in [0.1, 0.15) is 37.4 Å². The zero-order valence-electron chi connectivity index (χ0n) is 14.4. The van der Waals surface area contributed by atoms with E-state index in [0.717, 1.165) is 49.7 Å². The molecular formula is C17H20F2N4O2S. The number of nitrogens with zero attached hydrogens (tertiary/aromatic N) is 4. The number of hydrogen-bond donors (Lipinski definition) is 0. The maximum absolute atomic E-state index is 13.6. The Labute approximate surface area is 150 Å². The monoisotopic (exact) mass is 382 g/mol. The lowest BCUT2D eigenvalue weighted by molar-refractivity contribution is 0.274. The molecule has 2 fully saturated rings. The van der Waals surface area contributed by atoms with E-state index in [0.29, 0.717) is 6.54 Å². The molecule has 0 radical (unpaired) electrons. The Morgan fingerprint density at radius 2 is 1.92 bits per heavy atom. The van der Waals surface area contributed by atoms with Gasteiger partial charge in [0.05, 0.1) is 4.90 Å². The lowest BCUT2D eigenvalue weighted by Gasteiger charge is -2.29. The molecule has 1 aliphatic carbocycles. The number of aryl methyl sites for hydroxylation is 1.